The molecule has 0 bridgehead atoms. The molecule has 0 radical (unpaired) electrons. The molecular formula is C27H22N2O4. The molecule has 6 heteroatoms. The van der Waals surface area contributed by atoms with Crippen molar-refractivity contribution in [2.75, 3.05) is 4.90 Å². The number of amides is 2. The first-order valence-electron chi connectivity index (χ1n) is 11.0. The van der Waals surface area contributed by atoms with Gasteiger partial charge in [0.05, 0.1) is 0 Å². The van der Waals surface area contributed by atoms with E-state index in [0.29, 0.717) is 11.4 Å². The molecule has 164 valence electrons. The summed E-state index contributed by atoms with van der Waals surface area (Å²) in [7, 11) is 0. The fourth-order valence-electron chi connectivity index (χ4n) is 5.35. The summed E-state index contributed by atoms with van der Waals surface area (Å²) >= 11 is 0. The van der Waals surface area contributed by atoms with E-state index < -0.39 is 30.0 Å². The zero-order valence-electron chi connectivity index (χ0n) is 18.0. The van der Waals surface area contributed by atoms with Gasteiger partial charge in [0.1, 0.15) is 11.3 Å². The first-order valence-corrected chi connectivity index (χ1v) is 11.0. The van der Waals surface area contributed by atoms with Gasteiger partial charge in [-0.05, 0) is 48.4 Å². The van der Waals surface area contributed by atoms with Crippen LogP contribution < -0.4 is 9.64 Å². The maximum atomic E-state index is 13.7. The van der Waals surface area contributed by atoms with Gasteiger partial charge in [-0.3, -0.25) is 14.6 Å². The fraction of sp³-hybridized carbons (Fsp3) is 0.185. The minimum absolute atomic E-state index is 0.176. The van der Waals surface area contributed by atoms with E-state index in [1.165, 1.54) is 0 Å². The van der Waals surface area contributed by atoms with Crippen molar-refractivity contribution in [2.45, 2.75) is 30.8 Å². The van der Waals surface area contributed by atoms with Gasteiger partial charge in [0.15, 0.2) is 12.3 Å². The number of carbonyl (C=O) groups excluding carboxylic acids is 2. The Kier molecular flexibility index (Phi) is 4.30. The second kappa shape index (κ2) is 7.24. The Labute approximate surface area is 191 Å². The fourth-order valence-corrected chi connectivity index (χ4v) is 5.35. The van der Waals surface area contributed by atoms with Crippen molar-refractivity contribution in [3.63, 3.8) is 0 Å². The molecule has 6 nitrogen and oxygen atoms in total. The molecule has 3 aliphatic rings. The van der Waals surface area contributed by atoms with E-state index in [0.717, 1.165) is 11.1 Å². The maximum Gasteiger partial charge on any atom is 0.416 e. The monoisotopic (exact) mass is 438 g/mol. The highest BCUT2D eigenvalue weighted by molar-refractivity contribution is 5.98. The number of anilines is 1. The molecular weight excluding hydrogens is 416 g/mol. The van der Waals surface area contributed by atoms with Crippen molar-refractivity contribution in [2.24, 2.45) is 0 Å². The van der Waals surface area contributed by atoms with Gasteiger partial charge >= 0.3 is 6.09 Å². The summed E-state index contributed by atoms with van der Waals surface area (Å²) in [6, 6.07) is 28.5. The number of hydrogen-bond acceptors (Lipinski definition) is 4. The lowest BCUT2D eigenvalue weighted by atomic mass is 9.66. The Morgan fingerprint density at radius 1 is 0.848 bits per heavy atom. The third-order valence-electron chi connectivity index (χ3n) is 6.74. The predicted molar refractivity (Wildman–Crippen MR) is 123 cm³/mol. The van der Waals surface area contributed by atoms with Crippen LogP contribution >= 0.6 is 0 Å². The quantitative estimate of drug-likeness (QED) is 0.445. The highest BCUT2D eigenvalue weighted by Gasteiger charge is 2.71. The summed E-state index contributed by atoms with van der Waals surface area (Å²) in [6.45, 7) is 1.98. The van der Waals surface area contributed by atoms with E-state index in [2.05, 4.69) is 0 Å². The Hall–Kier alpha value is -4.06. The highest BCUT2D eigenvalue weighted by atomic mass is 16.6. The largest absolute Gasteiger partial charge is 0.477 e. The van der Waals surface area contributed by atoms with E-state index in [4.69, 9.17) is 9.47 Å². The smallest absolute Gasteiger partial charge is 0.416 e. The predicted octanol–water partition coefficient (Wildman–Crippen LogP) is 4.48. The first kappa shape index (κ1) is 19.6. The van der Waals surface area contributed by atoms with E-state index in [1.807, 2.05) is 104 Å². The minimum Gasteiger partial charge on any atom is -0.477 e. The molecule has 2 fully saturated rings. The lowest BCUT2D eigenvalue weighted by Gasteiger charge is -2.62. The van der Waals surface area contributed by atoms with Gasteiger partial charge < -0.3 is 9.47 Å². The van der Waals surface area contributed by atoms with Gasteiger partial charge in [0.25, 0.3) is 5.91 Å². The van der Waals surface area contributed by atoms with E-state index in [9.17, 15) is 9.59 Å². The minimum atomic E-state index is -0.851. The third kappa shape index (κ3) is 2.67. The molecule has 3 heterocycles. The molecule has 0 unspecified atom stereocenters. The summed E-state index contributed by atoms with van der Waals surface area (Å²) < 4.78 is 12.0. The lowest BCUT2D eigenvalue weighted by molar-refractivity contribution is -0.188. The molecule has 0 spiro atoms. The zero-order valence-corrected chi connectivity index (χ0v) is 18.0. The van der Waals surface area contributed by atoms with Crippen molar-refractivity contribution in [1.82, 2.24) is 4.90 Å². The van der Waals surface area contributed by atoms with Crippen LogP contribution in [0.15, 0.2) is 103 Å². The molecule has 3 aromatic rings. The van der Waals surface area contributed by atoms with Crippen molar-refractivity contribution in [3.8, 4) is 5.75 Å². The van der Waals surface area contributed by atoms with Crippen LogP contribution in [-0.4, -0.2) is 35.3 Å². The number of para-hydroxylation sites is 2. The number of ether oxygens (including phenoxy) is 2. The first-order chi connectivity index (χ1) is 16.1. The Morgan fingerprint density at radius 3 is 2.12 bits per heavy atom. The summed E-state index contributed by atoms with van der Waals surface area (Å²) in [6.07, 6.45) is -0.428. The summed E-state index contributed by atoms with van der Waals surface area (Å²) in [5, 5.41) is 0. The summed E-state index contributed by atoms with van der Waals surface area (Å²) in [5.41, 5.74) is 1.68. The molecule has 0 saturated carbocycles. The van der Waals surface area contributed by atoms with E-state index >= 15 is 0 Å². The molecule has 0 aliphatic carbocycles. The number of rotatable bonds is 4. The molecule has 2 amide bonds. The van der Waals surface area contributed by atoms with Crippen LogP contribution in [0, 0.1) is 0 Å². The van der Waals surface area contributed by atoms with Gasteiger partial charge in [-0.15, -0.1) is 0 Å². The number of benzene rings is 3. The van der Waals surface area contributed by atoms with Crippen LogP contribution in [0.25, 0.3) is 0 Å². The van der Waals surface area contributed by atoms with Crippen molar-refractivity contribution in [3.05, 3.63) is 108 Å². The van der Waals surface area contributed by atoms with Crippen LogP contribution in [0.1, 0.15) is 12.5 Å². The van der Waals surface area contributed by atoms with E-state index in [1.54, 1.807) is 9.80 Å². The van der Waals surface area contributed by atoms with Crippen LogP contribution in [0.5, 0.6) is 5.75 Å². The number of fused-ring (bicyclic) bond motifs is 3. The average Bonchev–Trinajstić information content (AvgIpc) is 3.17. The molecule has 3 aromatic carbocycles. The Balaban J connectivity index is 1.51. The van der Waals surface area contributed by atoms with Crippen LogP contribution in [-0.2, 0) is 15.1 Å². The average molecular weight is 438 g/mol. The second-order valence-corrected chi connectivity index (χ2v) is 8.47. The van der Waals surface area contributed by atoms with Gasteiger partial charge in [-0.25, -0.2) is 4.79 Å². The number of nitrogens with zero attached hydrogens (tertiary/aromatic N) is 2. The molecule has 3 aliphatic heterocycles. The SMILES string of the molecule is CC1=C[C@@H]2OC(=O)N(c3ccccc3)[C@@H]2N2C(=O)[C@H](Oc3ccccc3)[C@@]12c1ccccc1. The molecule has 0 N–H and O–H groups in total. The molecule has 0 aromatic heterocycles. The number of β-lactam (4-membered cyclic amide) rings is 1. The van der Waals surface area contributed by atoms with Crippen molar-refractivity contribution in [1.29, 1.82) is 0 Å². The van der Waals surface area contributed by atoms with Gasteiger partial charge in [0.2, 0.25) is 6.10 Å². The number of hydrogen-bond donors (Lipinski definition) is 0. The Morgan fingerprint density at radius 2 is 1.45 bits per heavy atom. The van der Waals surface area contributed by atoms with Crippen molar-refractivity contribution < 1.29 is 19.1 Å². The molecule has 33 heavy (non-hydrogen) atoms. The second-order valence-electron chi connectivity index (χ2n) is 8.47. The van der Waals surface area contributed by atoms with Crippen LogP contribution in [0.2, 0.25) is 0 Å². The Bertz CT molecular complexity index is 1240. The van der Waals surface area contributed by atoms with Gasteiger partial charge in [-0.2, -0.15) is 0 Å². The van der Waals surface area contributed by atoms with E-state index in [-0.39, 0.29) is 5.91 Å². The molecule has 6 rings (SSSR count). The lowest BCUT2D eigenvalue weighted by Crippen LogP contribution is -2.80. The standard InChI is InChI=1S/C27H22N2O4/c1-18-17-22-24(28(26(31)33-22)20-13-7-3-8-14-20)29-25(30)23(32-21-15-9-4-10-16-21)27(18,29)19-11-5-2-6-12-19/h2-17,22-24H,1H3/t22-,23-,24+,27-/m0/s1. The maximum absolute atomic E-state index is 13.7. The van der Waals surface area contributed by atoms with Gasteiger partial charge in [-0.1, -0.05) is 66.7 Å². The van der Waals surface area contributed by atoms with Crippen molar-refractivity contribution >= 4 is 17.7 Å². The third-order valence-corrected chi connectivity index (χ3v) is 6.74. The molecule has 2 saturated heterocycles. The topological polar surface area (TPSA) is 59.1 Å². The number of carbonyl (C=O) groups is 2. The van der Waals surface area contributed by atoms with Crippen LogP contribution in [0.3, 0.4) is 0 Å². The summed E-state index contributed by atoms with van der Waals surface area (Å²) in [5.74, 6) is 0.448. The zero-order chi connectivity index (χ0) is 22.6. The normalized spacial score (nSPS) is 27.8. The van der Waals surface area contributed by atoms with Crippen LogP contribution in [0.4, 0.5) is 10.5 Å². The van der Waals surface area contributed by atoms with Gasteiger partial charge in [0, 0.05) is 5.69 Å². The highest BCUT2D eigenvalue weighted by Crippen LogP contribution is 2.55. The summed E-state index contributed by atoms with van der Waals surface area (Å²) in [4.78, 5) is 30.0. The molecule has 4 atom stereocenters.